The molecule has 0 aliphatic carbocycles. The topological polar surface area (TPSA) is 38.8 Å². The van der Waals surface area contributed by atoms with Gasteiger partial charge in [0.05, 0.1) is 19.8 Å². The Hall–Kier alpha value is -2.40. The van der Waals surface area contributed by atoms with Crippen LogP contribution in [0.1, 0.15) is 51.0 Å². The van der Waals surface area contributed by atoms with Gasteiger partial charge in [0.1, 0.15) is 0 Å². The average molecular weight is 383 g/mol. The largest absolute Gasteiger partial charge is 0.494 e. The molecule has 0 aromatic heterocycles. The Morgan fingerprint density at radius 1 is 1.25 bits per heavy atom. The lowest BCUT2D eigenvalue weighted by molar-refractivity contribution is 0.0179. The molecule has 1 amide bonds. The van der Waals surface area contributed by atoms with E-state index in [1.165, 1.54) is 24.3 Å². The monoisotopic (exact) mass is 383 g/mol. The van der Waals surface area contributed by atoms with Crippen molar-refractivity contribution in [2.45, 2.75) is 45.7 Å². The molecule has 4 nitrogen and oxygen atoms in total. The van der Waals surface area contributed by atoms with E-state index in [1.54, 1.807) is 12.1 Å². The number of carbonyl (C=O) groups is 1. The van der Waals surface area contributed by atoms with Crippen LogP contribution in [-0.4, -0.2) is 37.2 Å². The lowest BCUT2D eigenvalue weighted by Crippen LogP contribution is -2.41. The van der Waals surface area contributed by atoms with Gasteiger partial charge in [-0.3, -0.25) is 4.79 Å². The molecule has 0 N–H and O–H groups in total. The molecule has 0 spiro atoms. The maximum Gasteiger partial charge on any atom is 0.254 e. The van der Waals surface area contributed by atoms with Gasteiger partial charge in [-0.2, -0.15) is 0 Å². The number of amides is 1. The highest BCUT2D eigenvalue weighted by atomic mass is 19.1. The third kappa shape index (κ3) is 3.28. The number of methoxy groups -OCH3 is 1. The van der Waals surface area contributed by atoms with E-state index in [1.807, 2.05) is 11.0 Å². The predicted molar refractivity (Wildman–Crippen MR) is 105 cm³/mol. The summed E-state index contributed by atoms with van der Waals surface area (Å²) >= 11 is 0. The molecule has 1 atom stereocenters. The zero-order chi connectivity index (χ0) is 19.8. The molecule has 0 radical (unpaired) electrons. The lowest BCUT2D eigenvalue weighted by atomic mass is 9.91. The first kappa shape index (κ1) is 18.9. The van der Waals surface area contributed by atoms with Crippen LogP contribution in [0.5, 0.6) is 5.75 Å². The minimum absolute atomic E-state index is 0.103. The molecule has 0 saturated carbocycles. The molecule has 4 rings (SSSR count). The fourth-order valence-electron chi connectivity index (χ4n) is 4.31. The van der Waals surface area contributed by atoms with Crippen molar-refractivity contribution in [3.63, 3.8) is 0 Å². The summed E-state index contributed by atoms with van der Waals surface area (Å²) in [5, 5.41) is 0. The minimum atomic E-state index is -0.367. The van der Waals surface area contributed by atoms with E-state index in [0.29, 0.717) is 19.6 Å². The molecule has 1 saturated heterocycles. The van der Waals surface area contributed by atoms with Gasteiger partial charge in [-0.1, -0.05) is 6.07 Å². The molecule has 148 valence electrons. The molecule has 2 aliphatic heterocycles. The fraction of sp³-hybridized carbons (Fsp3) is 0.435. The number of rotatable bonds is 4. The summed E-state index contributed by atoms with van der Waals surface area (Å²) in [4.78, 5) is 15.1. The van der Waals surface area contributed by atoms with Crippen LogP contribution < -0.4 is 4.74 Å². The Labute approximate surface area is 165 Å². The van der Waals surface area contributed by atoms with Crippen LogP contribution >= 0.6 is 0 Å². The molecule has 0 bridgehead atoms. The van der Waals surface area contributed by atoms with E-state index < -0.39 is 0 Å². The number of hydrogen-bond donors (Lipinski definition) is 0. The second-order valence-corrected chi connectivity index (χ2v) is 7.76. The summed E-state index contributed by atoms with van der Waals surface area (Å²) in [7, 11) is 1.47. The smallest absolute Gasteiger partial charge is 0.254 e. The van der Waals surface area contributed by atoms with Crippen LogP contribution in [0.4, 0.5) is 4.39 Å². The van der Waals surface area contributed by atoms with Crippen LogP contribution in [0.3, 0.4) is 0 Å². The first-order valence-electron chi connectivity index (χ1n) is 9.82. The number of benzene rings is 2. The number of nitrogens with zero attached hydrogens (tertiary/aromatic N) is 1. The fourth-order valence-corrected chi connectivity index (χ4v) is 4.31. The first-order valence-corrected chi connectivity index (χ1v) is 9.82. The van der Waals surface area contributed by atoms with Crippen LogP contribution in [0.25, 0.3) is 0 Å². The molecule has 2 heterocycles. The van der Waals surface area contributed by atoms with Gasteiger partial charge >= 0.3 is 0 Å². The van der Waals surface area contributed by atoms with Crippen LogP contribution in [0.15, 0.2) is 24.3 Å². The van der Waals surface area contributed by atoms with E-state index in [-0.39, 0.29) is 23.5 Å². The molecule has 2 aromatic carbocycles. The molecular formula is C23H26FNO3. The third-order valence-corrected chi connectivity index (χ3v) is 6.15. The molecular weight excluding hydrogens is 357 g/mol. The standard InChI is InChI=1S/C23H26FNO3/c1-14-15(2)20-12-25(18-5-4-8-28-13-18)23(26)19(20)11-17(14)9-16-6-7-21(24)22(10-16)27-3/h6-7,10-11,18H,4-5,8-9,12-13H2,1-3H3. The Balaban J connectivity index is 1.65. The van der Waals surface area contributed by atoms with E-state index in [4.69, 9.17) is 9.47 Å². The predicted octanol–water partition coefficient (Wildman–Crippen LogP) is 4.18. The van der Waals surface area contributed by atoms with E-state index in [9.17, 15) is 9.18 Å². The van der Waals surface area contributed by atoms with E-state index in [2.05, 4.69) is 13.8 Å². The highest BCUT2D eigenvalue weighted by Crippen LogP contribution is 2.34. The van der Waals surface area contributed by atoms with Gasteiger partial charge in [-0.05, 0) is 79.1 Å². The van der Waals surface area contributed by atoms with Crippen molar-refractivity contribution >= 4 is 5.91 Å². The maximum absolute atomic E-state index is 13.7. The molecule has 1 unspecified atom stereocenters. The van der Waals surface area contributed by atoms with Gasteiger partial charge in [-0.25, -0.2) is 4.39 Å². The number of ether oxygens (including phenoxy) is 2. The van der Waals surface area contributed by atoms with Crippen LogP contribution in [-0.2, 0) is 17.7 Å². The maximum atomic E-state index is 13.7. The summed E-state index contributed by atoms with van der Waals surface area (Å²) in [5.41, 5.74) is 6.36. The molecule has 2 aliphatic rings. The average Bonchev–Trinajstić information content (AvgIpc) is 3.04. The zero-order valence-corrected chi connectivity index (χ0v) is 16.7. The number of fused-ring (bicyclic) bond motifs is 1. The first-order chi connectivity index (χ1) is 13.5. The van der Waals surface area contributed by atoms with Crippen molar-refractivity contribution in [2.24, 2.45) is 0 Å². The van der Waals surface area contributed by atoms with Crippen molar-refractivity contribution in [3.05, 3.63) is 63.5 Å². The third-order valence-electron chi connectivity index (χ3n) is 6.15. The summed E-state index contributed by atoms with van der Waals surface area (Å²) < 4.78 is 24.4. The summed E-state index contributed by atoms with van der Waals surface area (Å²) in [6.45, 7) is 6.27. The van der Waals surface area contributed by atoms with Crippen molar-refractivity contribution in [3.8, 4) is 5.75 Å². The Morgan fingerprint density at radius 3 is 2.79 bits per heavy atom. The van der Waals surface area contributed by atoms with Gasteiger partial charge in [0.25, 0.3) is 5.91 Å². The molecule has 2 aromatic rings. The van der Waals surface area contributed by atoms with Crippen molar-refractivity contribution in [2.75, 3.05) is 20.3 Å². The second-order valence-electron chi connectivity index (χ2n) is 7.76. The summed E-state index contributed by atoms with van der Waals surface area (Å²) in [6.07, 6.45) is 2.64. The highest BCUT2D eigenvalue weighted by molar-refractivity contribution is 5.99. The molecule has 5 heteroatoms. The summed E-state index contributed by atoms with van der Waals surface area (Å²) in [6, 6.07) is 7.12. The minimum Gasteiger partial charge on any atom is -0.494 e. The second kappa shape index (κ2) is 7.55. The van der Waals surface area contributed by atoms with Gasteiger partial charge < -0.3 is 14.4 Å². The van der Waals surface area contributed by atoms with Crippen LogP contribution in [0, 0.1) is 19.7 Å². The van der Waals surface area contributed by atoms with Gasteiger partial charge in [0, 0.05) is 18.7 Å². The number of hydrogen-bond acceptors (Lipinski definition) is 3. The highest BCUT2D eigenvalue weighted by Gasteiger charge is 2.35. The van der Waals surface area contributed by atoms with Gasteiger partial charge in [0.15, 0.2) is 11.6 Å². The van der Waals surface area contributed by atoms with Crippen molar-refractivity contribution in [1.82, 2.24) is 4.90 Å². The zero-order valence-electron chi connectivity index (χ0n) is 16.7. The van der Waals surface area contributed by atoms with Crippen molar-refractivity contribution < 1.29 is 18.7 Å². The Morgan fingerprint density at radius 2 is 2.07 bits per heavy atom. The molecule has 1 fully saturated rings. The Kier molecular flexibility index (Phi) is 5.11. The van der Waals surface area contributed by atoms with Gasteiger partial charge in [0.2, 0.25) is 0 Å². The van der Waals surface area contributed by atoms with E-state index >= 15 is 0 Å². The van der Waals surface area contributed by atoms with Gasteiger partial charge in [-0.15, -0.1) is 0 Å². The lowest BCUT2D eigenvalue weighted by Gasteiger charge is -2.30. The van der Waals surface area contributed by atoms with Crippen molar-refractivity contribution in [1.29, 1.82) is 0 Å². The Bertz CT molecular complexity index is 919. The van der Waals surface area contributed by atoms with Crippen LogP contribution in [0.2, 0.25) is 0 Å². The normalized spacial score (nSPS) is 19.1. The van der Waals surface area contributed by atoms with E-state index in [0.717, 1.165) is 41.7 Å². The number of carbonyl (C=O) groups excluding carboxylic acids is 1. The SMILES string of the molecule is COc1cc(Cc2cc3c(c(C)c2C)CN(C2CCCOC2)C3=O)ccc1F. The quantitative estimate of drug-likeness (QED) is 0.795. The summed E-state index contributed by atoms with van der Waals surface area (Å²) in [5.74, 6) is -0.0206. The number of halogens is 1. The molecule has 28 heavy (non-hydrogen) atoms.